The summed E-state index contributed by atoms with van der Waals surface area (Å²) in [5.74, 6) is -0.996. The van der Waals surface area contributed by atoms with E-state index in [4.69, 9.17) is 14.6 Å². The Labute approximate surface area is 72.1 Å². The maximum Gasteiger partial charge on any atom is 0.457 e. The van der Waals surface area contributed by atoms with Gasteiger partial charge in [-0.25, -0.2) is 0 Å². The summed E-state index contributed by atoms with van der Waals surface area (Å²) in [6.45, 7) is 4.27. The van der Waals surface area contributed by atoms with Gasteiger partial charge in [-0.1, -0.05) is 0 Å². The van der Waals surface area contributed by atoms with Crippen molar-refractivity contribution < 1.29 is 18.4 Å². The van der Waals surface area contributed by atoms with Crippen LogP contribution in [0.4, 0.5) is 0 Å². The van der Waals surface area contributed by atoms with E-state index >= 15 is 0 Å². The average molecular weight is 191 g/mol. The first-order valence-corrected chi connectivity index (χ1v) is 6.30. The van der Waals surface area contributed by atoms with E-state index < -0.39 is 20.5 Å². The van der Waals surface area contributed by atoms with Gasteiger partial charge in [-0.05, 0) is 0 Å². The van der Waals surface area contributed by atoms with Crippen LogP contribution in [0.15, 0.2) is 0 Å². The zero-order valence-corrected chi connectivity index (χ0v) is 8.42. The van der Waals surface area contributed by atoms with E-state index in [1.807, 2.05) is 0 Å². The molecule has 0 heterocycles. The molecule has 0 aliphatic rings. The van der Waals surface area contributed by atoms with E-state index in [0.29, 0.717) is 0 Å². The molecule has 0 amide bonds. The van der Waals surface area contributed by atoms with Gasteiger partial charge >= 0.3 is 14.5 Å². The summed E-state index contributed by atoms with van der Waals surface area (Å²) >= 11 is 0. The third-order valence-electron chi connectivity index (χ3n) is 0.916. The van der Waals surface area contributed by atoms with Crippen molar-refractivity contribution in [2.75, 3.05) is 6.54 Å². The van der Waals surface area contributed by atoms with Crippen LogP contribution in [0.5, 0.6) is 0 Å². The minimum Gasteiger partial charge on any atom is -0.485 e. The summed E-state index contributed by atoms with van der Waals surface area (Å²) in [7, 11) is -2.63. The zero-order chi connectivity index (χ0) is 9.78. The largest absolute Gasteiger partial charge is 0.485 e. The van der Waals surface area contributed by atoms with Gasteiger partial charge in [0.25, 0.3) is 5.97 Å². The third-order valence-corrected chi connectivity index (χ3v) is 2.41. The van der Waals surface area contributed by atoms with Crippen molar-refractivity contribution in [3.8, 4) is 0 Å². The van der Waals surface area contributed by atoms with Crippen LogP contribution in [0.3, 0.4) is 0 Å². The second kappa shape index (κ2) is 4.22. The molecule has 0 fully saturated rings. The number of carbonyl (C=O) groups excluding carboxylic acids is 2. The van der Waals surface area contributed by atoms with Gasteiger partial charge in [0.15, 0.2) is 0 Å². The predicted octanol–water partition coefficient (Wildman–Crippen LogP) is -0.247. The Bertz CT molecular complexity index is 192. The van der Waals surface area contributed by atoms with Crippen LogP contribution in [-0.2, 0) is 18.4 Å². The molecular weight excluding hydrogens is 178 g/mol. The molecule has 0 spiro atoms. The van der Waals surface area contributed by atoms with Crippen molar-refractivity contribution in [2.24, 2.45) is 5.73 Å². The van der Waals surface area contributed by atoms with Crippen molar-refractivity contribution in [2.45, 2.75) is 20.0 Å². The molecule has 0 aliphatic heterocycles. The standard InChI is InChI=1S/C6H13NO4Si/c1-5(8)10-12(2,3)11-6(9)4-7/h4,7H2,1-3H3. The lowest BCUT2D eigenvalue weighted by molar-refractivity contribution is -0.139. The molecule has 12 heavy (non-hydrogen) atoms. The summed E-state index contributed by atoms with van der Waals surface area (Å²) < 4.78 is 9.64. The highest BCUT2D eigenvalue weighted by atomic mass is 28.4. The molecule has 0 unspecified atom stereocenters. The highest BCUT2D eigenvalue weighted by Crippen LogP contribution is 2.06. The predicted molar refractivity (Wildman–Crippen MR) is 44.4 cm³/mol. The topological polar surface area (TPSA) is 78.6 Å². The molecule has 0 radical (unpaired) electrons. The van der Waals surface area contributed by atoms with Crippen LogP contribution in [0.25, 0.3) is 0 Å². The van der Waals surface area contributed by atoms with Crippen molar-refractivity contribution >= 4 is 20.5 Å². The van der Waals surface area contributed by atoms with Crippen molar-refractivity contribution in [3.05, 3.63) is 0 Å². The smallest absolute Gasteiger partial charge is 0.457 e. The maximum atomic E-state index is 10.7. The van der Waals surface area contributed by atoms with E-state index in [9.17, 15) is 9.59 Å². The molecule has 0 aliphatic carbocycles. The highest BCUT2D eigenvalue weighted by molar-refractivity contribution is 6.67. The fourth-order valence-electron chi connectivity index (χ4n) is 0.683. The molecule has 0 aromatic rings. The van der Waals surface area contributed by atoms with E-state index in [0.717, 1.165) is 0 Å². The maximum absolute atomic E-state index is 10.7. The van der Waals surface area contributed by atoms with Crippen LogP contribution < -0.4 is 5.73 Å². The monoisotopic (exact) mass is 191 g/mol. The molecule has 6 heteroatoms. The zero-order valence-electron chi connectivity index (χ0n) is 7.42. The van der Waals surface area contributed by atoms with E-state index in [1.165, 1.54) is 6.92 Å². The van der Waals surface area contributed by atoms with Crippen LogP contribution in [0.2, 0.25) is 13.1 Å². The van der Waals surface area contributed by atoms with Gasteiger partial charge < -0.3 is 14.6 Å². The molecule has 0 atom stereocenters. The first-order chi connectivity index (χ1) is 5.37. The van der Waals surface area contributed by atoms with E-state index in [2.05, 4.69) is 0 Å². The number of hydrogen-bond acceptors (Lipinski definition) is 5. The summed E-state index contributed by atoms with van der Waals surface area (Å²) in [5, 5.41) is 0. The van der Waals surface area contributed by atoms with Gasteiger partial charge in [-0.15, -0.1) is 0 Å². The lowest BCUT2D eigenvalue weighted by Crippen LogP contribution is -2.40. The van der Waals surface area contributed by atoms with Crippen LogP contribution in [-0.4, -0.2) is 27.0 Å². The third kappa shape index (κ3) is 4.86. The molecule has 0 aromatic heterocycles. The fraction of sp³-hybridized carbons (Fsp3) is 0.667. The molecular formula is C6H13NO4Si. The summed E-state index contributed by atoms with van der Waals surface area (Å²) in [4.78, 5) is 21.2. The van der Waals surface area contributed by atoms with Crippen molar-refractivity contribution in [1.29, 1.82) is 0 Å². The number of rotatable bonds is 3. The Hall–Kier alpha value is -0.883. The van der Waals surface area contributed by atoms with Gasteiger partial charge in [-0.2, -0.15) is 0 Å². The minimum absolute atomic E-state index is 0.197. The van der Waals surface area contributed by atoms with Crippen molar-refractivity contribution in [1.82, 2.24) is 0 Å². The van der Waals surface area contributed by atoms with E-state index in [1.54, 1.807) is 13.1 Å². The molecule has 0 bridgehead atoms. The fourth-order valence-corrected chi connectivity index (χ4v) is 2.05. The second-order valence-electron chi connectivity index (χ2n) is 2.67. The number of nitrogens with two attached hydrogens (primary N) is 1. The Morgan fingerprint density at radius 1 is 1.33 bits per heavy atom. The Morgan fingerprint density at radius 2 is 1.83 bits per heavy atom. The number of carbonyl (C=O) groups is 2. The Balaban J connectivity index is 4.03. The average Bonchev–Trinajstić information content (AvgIpc) is 1.83. The van der Waals surface area contributed by atoms with Crippen molar-refractivity contribution in [3.63, 3.8) is 0 Å². The molecule has 0 saturated carbocycles. The van der Waals surface area contributed by atoms with Gasteiger partial charge in [0.1, 0.15) is 0 Å². The van der Waals surface area contributed by atoms with E-state index in [-0.39, 0.29) is 6.54 Å². The summed E-state index contributed by atoms with van der Waals surface area (Å²) in [6.07, 6.45) is 0. The SMILES string of the molecule is CC(=O)O[Si](C)(C)OC(=O)CN. The normalized spacial score (nSPS) is 10.7. The first-order valence-electron chi connectivity index (χ1n) is 3.49. The first kappa shape index (κ1) is 11.1. The summed E-state index contributed by atoms with van der Waals surface area (Å²) in [5.41, 5.74) is 5.02. The van der Waals surface area contributed by atoms with Gasteiger partial charge in [0.05, 0.1) is 6.54 Å². The lowest BCUT2D eigenvalue weighted by Gasteiger charge is -2.20. The Morgan fingerprint density at radius 3 is 2.17 bits per heavy atom. The van der Waals surface area contributed by atoms with Gasteiger partial charge in [-0.3, -0.25) is 9.59 Å². The minimum atomic E-state index is -2.63. The van der Waals surface area contributed by atoms with Crippen LogP contribution >= 0.6 is 0 Å². The summed E-state index contributed by atoms with van der Waals surface area (Å²) in [6, 6.07) is 0. The molecule has 0 rings (SSSR count). The molecule has 5 nitrogen and oxygen atoms in total. The second-order valence-corrected chi connectivity index (χ2v) is 5.88. The number of hydrogen-bond donors (Lipinski definition) is 1. The quantitative estimate of drug-likeness (QED) is 0.622. The van der Waals surface area contributed by atoms with Gasteiger partial charge in [0.2, 0.25) is 0 Å². The molecule has 0 aromatic carbocycles. The molecule has 0 saturated heterocycles. The molecule has 2 N–H and O–H groups in total. The lowest BCUT2D eigenvalue weighted by atomic mass is 10.7. The van der Waals surface area contributed by atoms with Crippen LogP contribution in [0.1, 0.15) is 6.92 Å². The van der Waals surface area contributed by atoms with Gasteiger partial charge in [0, 0.05) is 20.0 Å². The molecule has 70 valence electrons. The highest BCUT2D eigenvalue weighted by Gasteiger charge is 2.31. The Kier molecular flexibility index (Phi) is 3.91. The van der Waals surface area contributed by atoms with Crippen LogP contribution in [0, 0.1) is 0 Å².